The molecule has 0 atom stereocenters. The number of rotatable bonds is 4. The molecule has 3 heteroatoms. The van der Waals surface area contributed by atoms with Crippen molar-refractivity contribution in [3.63, 3.8) is 0 Å². The van der Waals surface area contributed by atoms with E-state index in [4.69, 9.17) is 4.74 Å². The van der Waals surface area contributed by atoms with Crippen LogP contribution in [0.1, 0.15) is 19.8 Å². The standard InChI is InChI=1S/C6H14O2Si/c1-2-3-4-8-6(7)5-9/h2-5H2,1,9H3. The lowest BCUT2D eigenvalue weighted by atomic mass is 10.4. The highest BCUT2D eigenvalue weighted by Gasteiger charge is 1.94. The second kappa shape index (κ2) is 5.82. The minimum Gasteiger partial charge on any atom is -0.466 e. The summed E-state index contributed by atoms with van der Waals surface area (Å²) in [7, 11) is 0.917. The third-order valence-corrected chi connectivity index (χ3v) is 1.63. The summed E-state index contributed by atoms with van der Waals surface area (Å²) in [5.74, 6) is -0.0323. The molecule has 2 nitrogen and oxygen atoms in total. The van der Waals surface area contributed by atoms with Crippen LogP contribution in [-0.2, 0) is 9.53 Å². The fraction of sp³-hybridized carbons (Fsp3) is 0.833. The number of hydrogen-bond donors (Lipinski definition) is 0. The predicted molar refractivity (Wildman–Crippen MR) is 40.6 cm³/mol. The minimum atomic E-state index is -0.0323. The van der Waals surface area contributed by atoms with Gasteiger partial charge in [0.05, 0.1) is 6.61 Å². The van der Waals surface area contributed by atoms with Crippen LogP contribution in [0.25, 0.3) is 0 Å². The van der Waals surface area contributed by atoms with E-state index >= 15 is 0 Å². The Morgan fingerprint density at radius 1 is 1.67 bits per heavy atom. The topological polar surface area (TPSA) is 26.3 Å². The van der Waals surface area contributed by atoms with E-state index in [9.17, 15) is 4.79 Å². The van der Waals surface area contributed by atoms with Gasteiger partial charge in [0.1, 0.15) is 0 Å². The maximum absolute atomic E-state index is 10.5. The molecule has 54 valence electrons. The van der Waals surface area contributed by atoms with Gasteiger partial charge in [0.25, 0.3) is 0 Å². The van der Waals surface area contributed by atoms with Crippen molar-refractivity contribution in [1.82, 2.24) is 0 Å². The summed E-state index contributed by atoms with van der Waals surface area (Å²) >= 11 is 0. The zero-order valence-corrected chi connectivity index (χ0v) is 8.14. The first-order chi connectivity index (χ1) is 4.31. The molecule has 0 bridgehead atoms. The number of carbonyl (C=O) groups is 1. The zero-order chi connectivity index (χ0) is 7.11. The van der Waals surface area contributed by atoms with Gasteiger partial charge < -0.3 is 4.74 Å². The van der Waals surface area contributed by atoms with E-state index in [0.717, 1.165) is 23.1 Å². The average molecular weight is 146 g/mol. The minimum absolute atomic E-state index is 0.0323. The molecule has 0 radical (unpaired) electrons. The van der Waals surface area contributed by atoms with Crippen LogP contribution in [0.5, 0.6) is 0 Å². The van der Waals surface area contributed by atoms with Crippen LogP contribution in [0.15, 0.2) is 0 Å². The Morgan fingerprint density at radius 3 is 2.78 bits per heavy atom. The summed E-state index contributed by atoms with van der Waals surface area (Å²) in [4.78, 5) is 10.5. The number of unbranched alkanes of at least 4 members (excludes halogenated alkanes) is 1. The van der Waals surface area contributed by atoms with Gasteiger partial charge >= 0.3 is 5.97 Å². The molecule has 0 fully saturated rings. The molecule has 0 spiro atoms. The molecule has 0 unspecified atom stereocenters. The van der Waals surface area contributed by atoms with E-state index in [1.165, 1.54) is 0 Å². The summed E-state index contributed by atoms with van der Waals surface area (Å²) in [6, 6.07) is 0.629. The highest BCUT2D eigenvalue weighted by Crippen LogP contribution is 1.89. The van der Waals surface area contributed by atoms with E-state index in [1.807, 2.05) is 0 Å². The summed E-state index contributed by atoms with van der Waals surface area (Å²) in [6.07, 6.45) is 2.09. The lowest BCUT2D eigenvalue weighted by Crippen LogP contribution is -2.03. The molecule has 0 N–H and O–H groups in total. The van der Waals surface area contributed by atoms with Gasteiger partial charge in [0, 0.05) is 16.3 Å². The molecule has 0 aromatic carbocycles. The maximum Gasteiger partial charge on any atom is 0.302 e. The Hall–Kier alpha value is -0.313. The highest BCUT2D eigenvalue weighted by molar-refractivity contribution is 6.18. The number of hydrogen-bond acceptors (Lipinski definition) is 2. The molecule has 0 heterocycles. The van der Waals surface area contributed by atoms with Crippen LogP contribution < -0.4 is 0 Å². The smallest absolute Gasteiger partial charge is 0.302 e. The molecule has 0 aliphatic rings. The van der Waals surface area contributed by atoms with Gasteiger partial charge in [-0.25, -0.2) is 0 Å². The first-order valence-corrected chi connectivity index (χ1v) is 4.88. The van der Waals surface area contributed by atoms with E-state index < -0.39 is 0 Å². The van der Waals surface area contributed by atoms with E-state index in [2.05, 4.69) is 6.92 Å². The zero-order valence-electron chi connectivity index (χ0n) is 6.14. The van der Waals surface area contributed by atoms with Gasteiger partial charge in [-0.05, 0) is 6.42 Å². The van der Waals surface area contributed by atoms with Crippen molar-refractivity contribution in [3.05, 3.63) is 0 Å². The van der Waals surface area contributed by atoms with Crippen molar-refractivity contribution in [2.75, 3.05) is 6.61 Å². The third-order valence-electron chi connectivity index (χ3n) is 1.05. The van der Waals surface area contributed by atoms with Crippen LogP contribution in [0.2, 0.25) is 6.04 Å². The van der Waals surface area contributed by atoms with Gasteiger partial charge in [-0.2, -0.15) is 0 Å². The van der Waals surface area contributed by atoms with Crippen molar-refractivity contribution in [3.8, 4) is 0 Å². The number of esters is 1. The van der Waals surface area contributed by atoms with Crippen molar-refractivity contribution >= 4 is 16.2 Å². The van der Waals surface area contributed by atoms with Gasteiger partial charge in [-0.15, -0.1) is 0 Å². The summed E-state index contributed by atoms with van der Waals surface area (Å²) in [5, 5.41) is 0. The van der Waals surface area contributed by atoms with E-state index in [-0.39, 0.29) is 5.97 Å². The Labute approximate surface area is 59.0 Å². The molecule has 0 aliphatic heterocycles. The lowest BCUT2D eigenvalue weighted by Gasteiger charge is -1.99. The maximum atomic E-state index is 10.5. The monoisotopic (exact) mass is 146 g/mol. The van der Waals surface area contributed by atoms with Gasteiger partial charge in [-0.3, -0.25) is 4.79 Å². The van der Waals surface area contributed by atoms with Crippen molar-refractivity contribution in [2.24, 2.45) is 0 Å². The third kappa shape index (κ3) is 5.56. The van der Waals surface area contributed by atoms with Crippen molar-refractivity contribution < 1.29 is 9.53 Å². The molecule has 9 heavy (non-hydrogen) atoms. The Bertz CT molecular complexity index is 83.1. The summed E-state index contributed by atoms with van der Waals surface area (Å²) < 4.78 is 4.83. The second-order valence-electron chi connectivity index (χ2n) is 1.93. The molecule has 0 saturated carbocycles. The fourth-order valence-electron chi connectivity index (χ4n) is 0.432. The summed E-state index contributed by atoms with van der Waals surface area (Å²) in [5.41, 5.74) is 0. The normalized spacial score (nSPS) is 9.44. The Kier molecular flexibility index (Phi) is 5.61. The van der Waals surface area contributed by atoms with Crippen LogP contribution in [0.4, 0.5) is 0 Å². The Morgan fingerprint density at radius 2 is 2.33 bits per heavy atom. The molecule has 0 rings (SSSR count). The average Bonchev–Trinajstić information content (AvgIpc) is 1.89. The molecular weight excluding hydrogens is 132 g/mol. The lowest BCUT2D eigenvalue weighted by molar-refractivity contribution is -0.140. The Balaban J connectivity index is 2.97. The highest BCUT2D eigenvalue weighted by atomic mass is 28.1. The summed E-state index contributed by atoms with van der Waals surface area (Å²) in [6.45, 7) is 2.69. The molecule has 0 aliphatic carbocycles. The van der Waals surface area contributed by atoms with Crippen LogP contribution >= 0.6 is 0 Å². The van der Waals surface area contributed by atoms with Crippen LogP contribution in [0.3, 0.4) is 0 Å². The number of carbonyl (C=O) groups excluding carboxylic acids is 1. The fourth-order valence-corrected chi connectivity index (χ4v) is 0.637. The van der Waals surface area contributed by atoms with Gasteiger partial charge in [-0.1, -0.05) is 13.3 Å². The first-order valence-electron chi connectivity index (χ1n) is 3.46. The van der Waals surface area contributed by atoms with E-state index in [0.29, 0.717) is 12.7 Å². The van der Waals surface area contributed by atoms with Crippen LogP contribution in [0, 0.1) is 0 Å². The largest absolute Gasteiger partial charge is 0.466 e. The van der Waals surface area contributed by atoms with E-state index in [1.54, 1.807) is 0 Å². The quantitative estimate of drug-likeness (QED) is 0.320. The first kappa shape index (κ1) is 8.69. The molecular formula is C6H14O2Si. The molecule has 0 aromatic heterocycles. The molecule has 0 amide bonds. The molecule has 0 saturated heterocycles. The van der Waals surface area contributed by atoms with Gasteiger partial charge in [0.2, 0.25) is 0 Å². The molecule has 0 aromatic rings. The predicted octanol–water partition coefficient (Wildman–Crippen LogP) is 0.113. The van der Waals surface area contributed by atoms with Gasteiger partial charge in [0.15, 0.2) is 0 Å². The second-order valence-corrected chi connectivity index (χ2v) is 2.63. The van der Waals surface area contributed by atoms with Crippen LogP contribution in [-0.4, -0.2) is 22.8 Å². The van der Waals surface area contributed by atoms with Crippen molar-refractivity contribution in [1.29, 1.82) is 0 Å². The van der Waals surface area contributed by atoms with Crippen molar-refractivity contribution in [2.45, 2.75) is 25.8 Å². The number of ether oxygens (including phenoxy) is 1. The SMILES string of the molecule is CCCCOC(=O)C[SiH3].